The molecule has 63 heavy (non-hydrogen) atoms. The average Bonchev–Trinajstić information content (AvgIpc) is 3.14. The minimum atomic E-state index is -0.493. The fourth-order valence-electron chi connectivity index (χ4n) is 5.01. The number of nitrogens with zero attached hydrogens (tertiary/aromatic N) is 5. The summed E-state index contributed by atoms with van der Waals surface area (Å²) in [6, 6.07) is 25.6. The molecule has 0 spiro atoms. The molecule has 6 N–H and O–H groups in total. The Balaban J connectivity index is -0.000000226. The fourth-order valence-corrected chi connectivity index (χ4v) is 5.97. The number of nitrogens with two attached hydrogens (primary N) is 1. The minimum absolute atomic E-state index is 0. The van der Waals surface area contributed by atoms with Crippen molar-refractivity contribution in [3.63, 3.8) is 0 Å². The van der Waals surface area contributed by atoms with Crippen molar-refractivity contribution in [1.29, 1.82) is 10.5 Å². The molecular weight excluding hydrogens is 1100 g/mol. The molecule has 0 saturated carbocycles. The Kier molecular flexibility index (Phi) is 32.6. The van der Waals surface area contributed by atoms with Crippen molar-refractivity contribution in [3.8, 4) is 12.1 Å². The van der Waals surface area contributed by atoms with Gasteiger partial charge in [0.15, 0.2) is 0 Å². The molecule has 0 aromatic heterocycles. The van der Waals surface area contributed by atoms with Crippen LogP contribution in [0.1, 0.15) is 116 Å². The van der Waals surface area contributed by atoms with Crippen LogP contribution in [-0.2, 0) is 46.9 Å². The Hall–Kier alpha value is -4.61. The van der Waals surface area contributed by atoms with E-state index < -0.39 is 9.85 Å². The standard InChI is InChI=1S/C11H12N2O2.C11H14N2.C10H12BrNO2.C10H13NO2.CH2O2.CH3.Br2.H3N.Pd/c1-11(2,3)10-5-4-9(13(14)15)6-8(10)7-12;1-11(2,3)10-5-4-9(13)6-8(10)7-12;1-10(2,3)8-5-4-7(12(13)14)6-9(8)11;1-10(2,3)8-4-6-9(7-5-8)11(12)13;2-1-3;;1-2;;/h4-6H,1-3H3;4-6H,13H2,1-3H3;4-6H,1-3H3;4-7H,1-3H3;1H,(H,2,3);1H3;;1H3;/q;;;;;-1;;;. The zero-order chi connectivity index (χ0) is 47.4. The largest absolute Gasteiger partial charge is 0.483 e. The van der Waals surface area contributed by atoms with Crippen LogP contribution >= 0.6 is 44.2 Å². The predicted octanol–water partition coefficient (Wildman–Crippen LogP) is 13.8. The summed E-state index contributed by atoms with van der Waals surface area (Å²) in [6.45, 7) is 24.3. The van der Waals surface area contributed by atoms with E-state index in [1.54, 1.807) is 48.5 Å². The summed E-state index contributed by atoms with van der Waals surface area (Å²) >= 11 is 8.85. The van der Waals surface area contributed by atoms with Gasteiger partial charge in [0.05, 0.1) is 38.0 Å². The number of nitro benzene ring substituents is 3. The van der Waals surface area contributed by atoms with Crippen LogP contribution in [0.25, 0.3) is 0 Å². The van der Waals surface area contributed by atoms with Gasteiger partial charge in [0.2, 0.25) is 0 Å². The number of anilines is 1. The molecule has 0 radical (unpaired) electrons. The van der Waals surface area contributed by atoms with Gasteiger partial charge in [-0.15, -0.1) is 0 Å². The van der Waals surface area contributed by atoms with E-state index in [-0.39, 0.29) is 84.1 Å². The number of non-ortho nitro benzene ring substituents is 3. The van der Waals surface area contributed by atoms with Crippen LogP contribution in [0.4, 0.5) is 22.7 Å². The first-order valence-corrected chi connectivity index (χ1v) is 22.4. The van der Waals surface area contributed by atoms with Crippen molar-refractivity contribution in [2.45, 2.75) is 105 Å². The zero-order valence-corrected chi connectivity index (χ0v) is 44.2. The van der Waals surface area contributed by atoms with Gasteiger partial charge in [0.1, 0.15) is 0 Å². The summed E-state index contributed by atoms with van der Waals surface area (Å²) < 4.78 is 0.791. The summed E-state index contributed by atoms with van der Waals surface area (Å²) in [6.07, 6.45) is 0. The van der Waals surface area contributed by atoms with Crippen LogP contribution in [0.5, 0.6) is 0 Å². The number of nitrogen functional groups attached to an aromatic ring is 1. The van der Waals surface area contributed by atoms with Gasteiger partial charge < -0.3 is 24.4 Å². The molecule has 0 aliphatic rings. The van der Waals surface area contributed by atoms with Crippen molar-refractivity contribution in [3.05, 3.63) is 154 Å². The normalized spacial score (nSPS) is 9.98. The molecule has 0 fully saturated rings. The summed E-state index contributed by atoms with van der Waals surface area (Å²) in [7, 11) is 0. The van der Waals surface area contributed by atoms with Crippen LogP contribution in [0, 0.1) is 60.4 Å². The van der Waals surface area contributed by atoms with Gasteiger partial charge in [0, 0.05) is 95.2 Å². The minimum Gasteiger partial charge on any atom is -0.483 e. The Labute approximate surface area is 409 Å². The monoisotopic (exact) mass is 1160 g/mol. The molecule has 0 saturated heterocycles. The molecule has 4 aromatic carbocycles. The Bertz CT molecular complexity index is 2150. The Morgan fingerprint density at radius 3 is 1.19 bits per heavy atom. The third-order valence-corrected chi connectivity index (χ3v) is 8.69. The van der Waals surface area contributed by atoms with Crippen molar-refractivity contribution in [1.82, 2.24) is 6.15 Å². The Morgan fingerprint density at radius 1 is 0.587 bits per heavy atom. The topological polar surface area (TPSA) is 275 Å². The van der Waals surface area contributed by atoms with Gasteiger partial charge in [-0.1, -0.05) is 129 Å². The van der Waals surface area contributed by atoms with E-state index in [4.69, 9.17) is 26.2 Å². The number of hydrogen-bond donors (Lipinski definition) is 3. The first-order valence-electron chi connectivity index (χ1n) is 17.9. The molecule has 0 atom stereocenters. The van der Waals surface area contributed by atoms with Crippen LogP contribution in [0.3, 0.4) is 0 Å². The number of hydrogen-bond acceptors (Lipinski definition) is 11. The van der Waals surface area contributed by atoms with E-state index in [1.807, 2.05) is 39.0 Å². The molecule has 0 amide bonds. The second kappa shape index (κ2) is 30.5. The molecule has 4 rings (SSSR count). The number of nitriles is 2. The van der Waals surface area contributed by atoms with E-state index in [0.29, 0.717) is 16.8 Å². The molecule has 0 aliphatic carbocycles. The predicted molar refractivity (Wildman–Crippen MR) is 260 cm³/mol. The third-order valence-electron chi connectivity index (χ3n) is 8.03. The summed E-state index contributed by atoms with van der Waals surface area (Å²) in [4.78, 5) is 38.5. The second-order valence-electron chi connectivity index (χ2n) is 16.8. The van der Waals surface area contributed by atoms with Crippen molar-refractivity contribution >= 4 is 73.4 Å². The zero-order valence-electron chi connectivity index (χ0n) is 37.9. The number of benzene rings is 4. The van der Waals surface area contributed by atoms with Gasteiger partial charge in [-0.3, -0.25) is 35.1 Å². The summed E-state index contributed by atoms with van der Waals surface area (Å²) in [5.74, 6) is 0. The smallest absolute Gasteiger partial charge is 0.290 e. The Morgan fingerprint density at radius 2 is 0.889 bits per heavy atom. The molecule has 0 bridgehead atoms. The van der Waals surface area contributed by atoms with Crippen LogP contribution in [0.2, 0.25) is 0 Å². The fraction of sp³-hybridized carbons (Fsp3) is 0.364. The van der Waals surface area contributed by atoms with E-state index >= 15 is 0 Å². The van der Waals surface area contributed by atoms with Gasteiger partial charge in [-0.2, -0.15) is 10.5 Å². The number of carboxylic acid groups (broad SMARTS) is 1. The van der Waals surface area contributed by atoms with Crippen LogP contribution in [-0.4, -0.2) is 26.3 Å². The van der Waals surface area contributed by atoms with Crippen molar-refractivity contribution in [2.24, 2.45) is 0 Å². The molecular formula is C44H59Br3N7O8Pd-. The number of carbonyl (C=O) groups is 1. The maximum absolute atomic E-state index is 10.5. The second-order valence-corrected chi connectivity index (χ2v) is 17.7. The van der Waals surface area contributed by atoms with E-state index in [1.165, 1.54) is 18.2 Å². The number of nitro groups is 3. The molecule has 4 aromatic rings. The maximum atomic E-state index is 10.5. The first-order chi connectivity index (χ1) is 27.5. The number of halogens is 3. The van der Waals surface area contributed by atoms with Crippen LogP contribution in [0.15, 0.2) is 83.3 Å². The van der Waals surface area contributed by atoms with E-state index in [9.17, 15) is 30.3 Å². The van der Waals surface area contributed by atoms with Gasteiger partial charge in [-0.05, 0) is 56.0 Å². The van der Waals surface area contributed by atoms with Crippen LogP contribution < -0.4 is 11.9 Å². The summed E-state index contributed by atoms with van der Waals surface area (Å²) in [5, 5.41) is 56.1. The molecule has 350 valence electrons. The van der Waals surface area contributed by atoms with Gasteiger partial charge in [0.25, 0.3) is 23.5 Å². The van der Waals surface area contributed by atoms with Gasteiger partial charge >= 0.3 is 0 Å². The molecule has 15 nitrogen and oxygen atoms in total. The molecule has 0 heterocycles. The number of rotatable bonds is 3. The van der Waals surface area contributed by atoms with E-state index in [0.717, 1.165) is 26.7 Å². The van der Waals surface area contributed by atoms with Crippen molar-refractivity contribution < 1.29 is 45.1 Å². The van der Waals surface area contributed by atoms with E-state index in [2.05, 4.69) is 113 Å². The van der Waals surface area contributed by atoms with Crippen molar-refractivity contribution in [2.75, 3.05) is 5.73 Å². The maximum Gasteiger partial charge on any atom is 0.290 e. The molecule has 0 unspecified atom stereocenters. The molecule has 19 heteroatoms. The molecule has 0 aliphatic heterocycles. The quantitative estimate of drug-likeness (QED) is 0.0431. The van der Waals surface area contributed by atoms with Gasteiger partial charge in [-0.25, -0.2) is 0 Å². The third kappa shape index (κ3) is 24.7. The first kappa shape index (κ1) is 67.5. The average molecular weight is 1160 g/mol. The summed E-state index contributed by atoms with van der Waals surface area (Å²) in [5.41, 5.74) is 11.4. The SMILES string of the molecule is BrBr.CC(C)(C)c1ccc(N)cc1C#N.CC(C)(C)c1ccc([N+](=O)[O-])cc1.CC(C)(C)c1ccc([N+](=O)[O-])cc1Br.CC(C)(C)c1ccc([N+](=O)[O-])cc1C#N.N.O=CO.[CH3-].[Pd].